The molecule has 6 heteroatoms. The number of pyridine rings is 1. The Labute approximate surface area is 142 Å². The minimum Gasteiger partial charge on any atom is -0.375 e. The summed E-state index contributed by atoms with van der Waals surface area (Å²) < 4.78 is 37.9. The molecule has 0 aliphatic carbocycles. The summed E-state index contributed by atoms with van der Waals surface area (Å²) in [4.78, 5) is 4.31. The highest BCUT2D eigenvalue weighted by molar-refractivity contribution is 5.25. The van der Waals surface area contributed by atoms with E-state index in [1.807, 2.05) is 0 Å². The van der Waals surface area contributed by atoms with Gasteiger partial charge in [0.25, 0.3) is 0 Å². The van der Waals surface area contributed by atoms with Crippen LogP contribution in [0.4, 0.5) is 13.2 Å². The lowest BCUT2D eigenvalue weighted by atomic mass is 9.96. The van der Waals surface area contributed by atoms with Gasteiger partial charge >= 0.3 is 6.18 Å². The summed E-state index contributed by atoms with van der Waals surface area (Å²) in [6.07, 6.45) is -1.69. The van der Waals surface area contributed by atoms with Gasteiger partial charge in [-0.15, -0.1) is 0 Å². The van der Waals surface area contributed by atoms with Crippen LogP contribution in [0.1, 0.15) is 43.6 Å². The standard InChI is InChI=1S/C18H28F3N3/c1-5-6-13(2)11-17-15(9-10-23-14(3)22-4)7-8-16(24-17)12-18(19,20)21/h7-8,13,22-23H,3,5-6,9-12H2,1-2,4H3. The lowest BCUT2D eigenvalue weighted by Crippen LogP contribution is -2.24. The van der Waals surface area contributed by atoms with Gasteiger partial charge in [0.1, 0.15) is 0 Å². The zero-order valence-electron chi connectivity index (χ0n) is 14.8. The molecular formula is C18H28F3N3. The van der Waals surface area contributed by atoms with E-state index in [2.05, 4.69) is 36.0 Å². The number of nitrogens with zero attached hydrogens (tertiary/aromatic N) is 1. The van der Waals surface area contributed by atoms with E-state index in [4.69, 9.17) is 0 Å². The Hall–Kier alpha value is -1.72. The Balaban J connectivity index is 2.88. The molecular weight excluding hydrogens is 315 g/mol. The predicted octanol–water partition coefficient (Wildman–Crippen LogP) is 3.99. The van der Waals surface area contributed by atoms with Gasteiger partial charge in [0.05, 0.1) is 12.2 Å². The van der Waals surface area contributed by atoms with Gasteiger partial charge in [-0.3, -0.25) is 4.98 Å². The monoisotopic (exact) mass is 343 g/mol. The molecule has 0 bridgehead atoms. The van der Waals surface area contributed by atoms with E-state index in [1.165, 1.54) is 6.07 Å². The van der Waals surface area contributed by atoms with Gasteiger partial charge in [0.15, 0.2) is 0 Å². The van der Waals surface area contributed by atoms with Gasteiger partial charge in [-0.05, 0) is 30.4 Å². The Kier molecular flexibility index (Phi) is 8.08. The van der Waals surface area contributed by atoms with Crippen LogP contribution in [-0.4, -0.2) is 24.8 Å². The molecule has 1 aromatic rings. The van der Waals surface area contributed by atoms with Crippen LogP contribution in [0.15, 0.2) is 24.5 Å². The van der Waals surface area contributed by atoms with Gasteiger partial charge in [-0.1, -0.05) is 39.3 Å². The number of alkyl halides is 3. The average Bonchev–Trinajstić information content (AvgIpc) is 2.47. The SMILES string of the molecule is C=C(NC)NCCc1ccc(CC(F)(F)F)nc1CC(C)CCC. The molecule has 1 atom stereocenters. The van der Waals surface area contributed by atoms with E-state index < -0.39 is 12.6 Å². The Morgan fingerprint density at radius 2 is 2.04 bits per heavy atom. The first-order valence-electron chi connectivity index (χ1n) is 8.40. The van der Waals surface area contributed by atoms with Crippen molar-refractivity contribution in [1.29, 1.82) is 0 Å². The Morgan fingerprint density at radius 3 is 2.62 bits per heavy atom. The summed E-state index contributed by atoms with van der Waals surface area (Å²) >= 11 is 0. The molecule has 136 valence electrons. The third kappa shape index (κ3) is 7.70. The normalized spacial score (nSPS) is 12.8. The minimum atomic E-state index is -4.23. The maximum absolute atomic E-state index is 12.6. The number of nitrogens with one attached hydrogen (secondary N) is 2. The van der Waals surface area contributed by atoms with Crippen LogP contribution in [0.25, 0.3) is 0 Å². The third-order valence-corrected chi connectivity index (χ3v) is 3.87. The van der Waals surface area contributed by atoms with Crippen molar-refractivity contribution in [2.75, 3.05) is 13.6 Å². The molecule has 0 spiro atoms. The van der Waals surface area contributed by atoms with E-state index in [1.54, 1.807) is 13.1 Å². The van der Waals surface area contributed by atoms with E-state index in [0.717, 1.165) is 29.9 Å². The van der Waals surface area contributed by atoms with E-state index in [-0.39, 0.29) is 5.69 Å². The second kappa shape index (κ2) is 9.55. The molecule has 1 unspecified atom stereocenters. The summed E-state index contributed by atoms with van der Waals surface area (Å²) in [7, 11) is 1.78. The summed E-state index contributed by atoms with van der Waals surface area (Å²) in [5.41, 5.74) is 1.88. The highest BCUT2D eigenvalue weighted by atomic mass is 19.4. The van der Waals surface area contributed by atoms with Crippen LogP contribution in [0.2, 0.25) is 0 Å². The zero-order valence-corrected chi connectivity index (χ0v) is 14.8. The van der Waals surface area contributed by atoms with Crippen LogP contribution in [-0.2, 0) is 19.3 Å². The minimum absolute atomic E-state index is 0.0949. The van der Waals surface area contributed by atoms with Gasteiger partial charge in [0, 0.05) is 25.0 Å². The predicted molar refractivity (Wildman–Crippen MR) is 91.7 cm³/mol. The molecule has 1 heterocycles. The van der Waals surface area contributed by atoms with Crippen LogP contribution < -0.4 is 10.6 Å². The first kappa shape index (κ1) is 20.3. The van der Waals surface area contributed by atoms with Crippen LogP contribution >= 0.6 is 0 Å². The summed E-state index contributed by atoms with van der Waals surface area (Å²) in [5.74, 6) is 1.13. The first-order valence-corrected chi connectivity index (χ1v) is 8.40. The number of halogens is 3. The maximum Gasteiger partial charge on any atom is 0.394 e. The molecule has 24 heavy (non-hydrogen) atoms. The fourth-order valence-electron chi connectivity index (χ4n) is 2.64. The van der Waals surface area contributed by atoms with Crippen molar-refractivity contribution in [1.82, 2.24) is 15.6 Å². The second-order valence-corrected chi connectivity index (χ2v) is 6.20. The van der Waals surface area contributed by atoms with Crippen molar-refractivity contribution < 1.29 is 13.2 Å². The molecule has 0 aliphatic rings. The van der Waals surface area contributed by atoms with Gasteiger partial charge in [-0.2, -0.15) is 13.2 Å². The summed E-state index contributed by atoms with van der Waals surface area (Å²) in [6, 6.07) is 3.27. The van der Waals surface area contributed by atoms with Crippen molar-refractivity contribution in [2.24, 2.45) is 5.92 Å². The summed E-state index contributed by atoms with van der Waals surface area (Å²) in [5, 5.41) is 6.03. The molecule has 0 saturated heterocycles. The number of rotatable bonds is 10. The first-order chi connectivity index (χ1) is 11.2. The highest BCUT2D eigenvalue weighted by Gasteiger charge is 2.28. The van der Waals surface area contributed by atoms with Gasteiger partial charge in [0.2, 0.25) is 0 Å². The molecule has 1 rings (SSSR count). The molecule has 3 nitrogen and oxygen atoms in total. The largest absolute Gasteiger partial charge is 0.394 e. The van der Waals surface area contributed by atoms with Crippen molar-refractivity contribution in [3.8, 4) is 0 Å². The smallest absolute Gasteiger partial charge is 0.375 e. The van der Waals surface area contributed by atoms with E-state index in [9.17, 15) is 13.2 Å². The number of hydrogen-bond donors (Lipinski definition) is 2. The lowest BCUT2D eigenvalue weighted by Gasteiger charge is -2.16. The molecule has 2 N–H and O–H groups in total. The van der Waals surface area contributed by atoms with Gasteiger partial charge < -0.3 is 10.6 Å². The Morgan fingerprint density at radius 1 is 1.33 bits per heavy atom. The lowest BCUT2D eigenvalue weighted by molar-refractivity contribution is -0.127. The molecule has 0 radical (unpaired) electrons. The van der Waals surface area contributed by atoms with Crippen LogP contribution in [0.5, 0.6) is 0 Å². The molecule has 0 fully saturated rings. The van der Waals surface area contributed by atoms with Crippen LogP contribution in [0.3, 0.4) is 0 Å². The molecule has 0 aliphatic heterocycles. The fraction of sp³-hybridized carbons (Fsp3) is 0.611. The maximum atomic E-state index is 12.6. The van der Waals surface area contributed by atoms with Crippen molar-refractivity contribution in [2.45, 2.75) is 52.1 Å². The second-order valence-electron chi connectivity index (χ2n) is 6.20. The highest BCUT2D eigenvalue weighted by Crippen LogP contribution is 2.22. The van der Waals surface area contributed by atoms with Crippen molar-refractivity contribution in [3.05, 3.63) is 41.5 Å². The summed E-state index contributed by atoms with van der Waals surface area (Å²) in [6.45, 7) is 8.68. The third-order valence-electron chi connectivity index (χ3n) is 3.87. The van der Waals surface area contributed by atoms with E-state index >= 15 is 0 Å². The molecule has 0 amide bonds. The quantitative estimate of drug-likeness (QED) is 0.674. The number of hydrogen-bond acceptors (Lipinski definition) is 3. The van der Waals surface area contributed by atoms with Crippen LogP contribution in [0, 0.1) is 5.92 Å². The van der Waals surface area contributed by atoms with Crippen molar-refractivity contribution in [3.63, 3.8) is 0 Å². The molecule has 0 aromatic carbocycles. The zero-order chi connectivity index (χ0) is 18.2. The number of aromatic nitrogens is 1. The topological polar surface area (TPSA) is 37.0 Å². The Bertz CT molecular complexity index is 527. The average molecular weight is 343 g/mol. The molecule has 1 aromatic heterocycles. The van der Waals surface area contributed by atoms with Crippen molar-refractivity contribution >= 4 is 0 Å². The fourth-order valence-corrected chi connectivity index (χ4v) is 2.64. The van der Waals surface area contributed by atoms with E-state index in [0.29, 0.717) is 25.3 Å². The van der Waals surface area contributed by atoms with Gasteiger partial charge in [-0.25, -0.2) is 0 Å². The molecule has 0 saturated carbocycles.